The number of aromatic nitrogens is 1. The minimum atomic E-state index is -0.340. The van der Waals surface area contributed by atoms with Gasteiger partial charge in [-0.2, -0.15) is 5.10 Å². The molecule has 3 aromatic rings. The Hall–Kier alpha value is -3.61. The molecule has 2 aromatic carbocycles. The number of hydrazone groups is 1. The third kappa shape index (κ3) is 4.37. The number of hydrogen-bond donors (Lipinski definition) is 1. The standard InChI is InChI=1S/C21H21N3O4/c1-3-28-17-10-8-15(9-11-17)21(26)23-22-12-16-13-24(14-20(25)27-2)19-7-5-4-6-18(16)19/h4-13H,3,14H2,1-2H3,(H,23,26)/b22-12-. The summed E-state index contributed by atoms with van der Waals surface area (Å²) in [6, 6.07) is 14.5. The number of esters is 1. The van der Waals surface area contributed by atoms with Crippen molar-refractivity contribution in [2.24, 2.45) is 5.10 Å². The van der Waals surface area contributed by atoms with Crippen LogP contribution in [0, 0.1) is 0 Å². The lowest BCUT2D eigenvalue weighted by Crippen LogP contribution is -2.17. The summed E-state index contributed by atoms with van der Waals surface area (Å²) in [6.07, 6.45) is 3.36. The molecular formula is C21H21N3O4. The molecule has 0 aliphatic carbocycles. The largest absolute Gasteiger partial charge is 0.494 e. The van der Waals surface area contributed by atoms with Gasteiger partial charge >= 0.3 is 5.97 Å². The average molecular weight is 379 g/mol. The monoisotopic (exact) mass is 379 g/mol. The second-order valence-corrected chi connectivity index (χ2v) is 5.96. The zero-order chi connectivity index (χ0) is 19.9. The van der Waals surface area contributed by atoms with E-state index in [1.165, 1.54) is 7.11 Å². The van der Waals surface area contributed by atoms with Crippen LogP contribution in [0.3, 0.4) is 0 Å². The number of carbonyl (C=O) groups is 2. The molecule has 0 atom stereocenters. The number of carbonyl (C=O) groups excluding carboxylic acids is 2. The Morgan fingerprint density at radius 1 is 1.14 bits per heavy atom. The van der Waals surface area contributed by atoms with Gasteiger partial charge < -0.3 is 14.0 Å². The number of hydrogen-bond acceptors (Lipinski definition) is 5. The third-order valence-electron chi connectivity index (χ3n) is 4.14. The predicted molar refractivity (Wildman–Crippen MR) is 107 cm³/mol. The third-order valence-corrected chi connectivity index (χ3v) is 4.14. The molecule has 0 spiro atoms. The van der Waals surface area contributed by atoms with E-state index in [4.69, 9.17) is 9.47 Å². The fraction of sp³-hybridized carbons (Fsp3) is 0.190. The van der Waals surface area contributed by atoms with Crippen molar-refractivity contribution < 1.29 is 19.1 Å². The maximum Gasteiger partial charge on any atom is 0.325 e. The van der Waals surface area contributed by atoms with Crippen LogP contribution in [0.25, 0.3) is 10.9 Å². The van der Waals surface area contributed by atoms with E-state index in [1.54, 1.807) is 41.2 Å². The van der Waals surface area contributed by atoms with Gasteiger partial charge in [-0.25, -0.2) is 5.43 Å². The molecule has 0 radical (unpaired) electrons. The van der Waals surface area contributed by atoms with E-state index in [2.05, 4.69) is 10.5 Å². The first-order valence-electron chi connectivity index (χ1n) is 8.83. The average Bonchev–Trinajstić information content (AvgIpc) is 3.06. The number of fused-ring (bicyclic) bond motifs is 1. The Morgan fingerprint density at radius 2 is 1.89 bits per heavy atom. The zero-order valence-corrected chi connectivity index (χ0v) is 15.7. The van der Waals surface area contributed by atoms with Gasteiger partial charge in [-0.15, -0.1) is 0 Å². The highest BCUT2D eigenvalue weighted by Crippen LogP contribution is 2.20. The van der Waals surface area contributed by atoms with Crippen molar-refractivity contribution in [2.45, 2.75) is 13.5 Å². The molecule has 144 valence electrons. The summed E-state index contributed by atoms with van der Waals surface area (Å²) in [4.78, 5) is 23.8. The molecule has 0 saturated heterocycles. The highest BCUT2D eigenvalue weighted by Gasteiger charge is 2.10. The van der Waals surface area contributed by atoms with Crippen molar-refractivity contribution in [2.75, 3.05) is 13.7 Å². The number of rotatable bonds is 7. The van der Waals surface area contributed by atoms with E-state index in [9.17, 15) is 9.59 Å². The highest BCUT2D eigenvalue weighted by atomic mass is 16.5. The Kier molecular flexibility index (Phi) is 6.06. The maximum atomic E-state index is 12.2. The molecule has 1 heterocycles. The van der Waals surface area contributed by atoms with Gasteiger partial charge in [-0.3, -0.25) is 9.59 Å². The first kappa shape index (κ1) is 19.2. The van der Waals surface area contributed by atoms with Crippen molar-refractivity contribution in [3.05, 3.63) is 65.9 Å². The topological polar surface area (TPSA) is 81.9 Å². The fourth-order valence-corrected chi connectivity index (χ4v) is 2.81. The van der Waals surface area contributed by atoms with Gasteiger partial charge in [0.05, 0.1) is 19.9 Å². The number of benzene rings is 2. The lowest BCUT2D eigenvalue weighted by molar-refractivity contribution is -0.141. The van der Waals surface area contributed by atoms with Crippen LogP contribution in [-0.4, -0.2) is 36.4 Å². The second-order valence-electron chi connectivity index (χ2n) is 5.96. The van der Waals surface area contributed by atoms with Gasteiger partial charge in [0.25, 0.3) is 5.91 Å². The van der Waals surface area contributed by atoms with Crippen LogP contribution in [0.2, 0.25) is 0 Å². The molecule has 0 bridgehead atoms. The van der Waals surface area contributed by atoms with Crippen LogP contribution in [-0.2, 0) is 16.1 Å². The molecule has 1 amide bonds. The fourth-order valence-electron chi connectivity index (χ4n) is 2.81. The molecular weight excluding hydrogens is 358 g/mol. The minimum Gasteiger partial charge on any atom is -0.494 e. The molecule has 7 heteroatoms. The molecule has 1 N–H and O–H groups in total. The molecule has 3 rings (SSSR count). The van der Waals surface area contributed by atoms with Crippen molar-refractivity contribution in [3.63, 3.8) is 0 Å². The highest BCUT2D eigenvalue weighted by molar-refractivity contribution is 6.01. The van der Waals surface area contributed by atoms with E-state index >= 15 is 0 Å². The predicted octanol–water partition coefficient (Wildman–Crippen LogP) is 2.98. The molecule has 7 nitrogen and oxygen atoms in total. The second kappa shape index (κ2) is 8.85. The number of ether oxygens (including phenoxy) is 2. The van der Waals surface area contributed by atoms with Gasteiger partial charge in [0.15, 0.2) is 0 Å². The van der Waals surface area contributed by atoms with Crippen molar-refractivity contribution in [1.29, 1.82) is 0 Å². The Morgan fingerprint density at radius 3 is 2.61 bits per heavy atom. The van der Waals surface area contributed by atoms with Gasteiger partial charge in [-0.1, -0.05) is 18.2 Å². The normalized spacial score (nSPS) is 10.9. The van der Waals surface area contributed by atoms with Crippen molar-refractivity contribution >= 4 is 29.0 Å². The first-order chi connectivity index (χ1) is 13.6. The smallest absolute Gasteiger partial charge is 0.325 e. The van der Waals surface area contributed by atoms with Gasteiger partial charge in [-0.05, 0) is 37.3 Å². The molecule has 0 unspecified atom stereocenters. The number of methoxy groups -OCH3 is 1. The van der Waals surface area contributed by atoms with Crippen LogP contribution in [0.1, 0.15) is 22.8 Å². The van der Waals surface area contributed by atoms with E-state index in [1.807, 2.05) is 31.2 Å². The lowest BCUT2D eigenvalue weighted by Gasteiger charge is -2.03. The number of para-hydroxylation sites is 1. The van der Waals surface area contributed by atoms with Crippen molar-refractivity contribution in [3.8, 4) is 5.75 Å². The van der Waals surface area contributed by atoms with Crippen LogP contribution in [0.4, 0.5) is 0 Å². The van der Waals surface area contributed by atoms with Gasteiger partial charge in [0.2, 0.25) is 0 Å². The maximum absolute atomic E-state index is 12.2. The summed E-state index contributed by atoms with van der Waals surface area (Å²) in [5, 5.41) is 4.98. The van der Waals surface area contributed by atoms with Crippen molar-refractivity contribution in [1.82, 2.24) is 9.99 Å². The van der Waals surface area contributed by atoms with E-state index in [-0.39, 0.29) is 18.4 Å². The summed E-state index contributed by atoms with van der Waals surface area (Å²) in [7, 11) is 1.35. The Balaban J connectivity index is 1.74. The van der Waals surface area contributed by atoms with E-state index in [0.29, 0.717) is 17.9 Å². The molecule has 0 aliphatic rings. The SMILES string of the molecule is CCOc1ccc(C(=O)N/N=C\c2cn(CC(=O)OC)c3ccccc23)cc1. The molecule has 0 aliphatic heterocycles. The summed E-state index contributed by atoms with van der Waals surface area (Å²) >= 11 is 0. The number of nitrogens with one attached hydrogen (secondary N) is 1. The lowest BCUT2D eigenvalue weighted by atomic mass is 10.2. The zero-order valence-electron chi connectivity index (χ0n) is 15.7. The number of amides is 1. The van der Waals surface area contributed by atoms with Crippen LogP contribution in [0.5, 0.6) is 5.75 Å². The quantitative estimate of drug-likeness (QED) is 0.389. The van der Waals surface area contributed by atoms with Gasteiger partial charge in [0.1, 0.15) is 12.3 Å². The van der Waals surface area contributed by atoms with Crippen LogP contribution >= 0.6 is 0 Å². The molecule has 28 heavy (non-hydrogen) atoms. The molecule has 0 fully saturated rings. The van der Waals surface area contributed by atoms with Crippen LogP contribution < -0.4 is 10.2 Å². The summed E-state index contributed by atoms with van der Waals surface area (Å²) in [6.45, 7) is 2.57. The first-order valence-corrected chi connectivity index (χ1v) is 8.83. The Bertz CT molecular complexity index is 1010. The summed E-state index contributed by atoms with van der Waals surface area (Å²) < 4.78 is 11.9. The van der Waals surface area contributed by atoms with E-state index in [0.717, 1.165) is 16.5 Å². The number of nitrogens with zero attached hydrogens (tertiary/aromatic N) is 2. The summed E-state index contributed by atoms with van der Waals surface area (Å²) in [5.74, 6) is 0.0478. The Labute approximate surface area is 162 Å². The molecule has 0 saturated carbocycles. The summed E-state index contributed by atoms with van der Waals surface area (Å²) in [5.41, 5.74) is 4.66. The van der Waals surface area contributed by atoms with Gasteiger partial charge in [0, 0.05) is 28.2 Å². The van der Waals surface area contributed by atoms with Crippen LogP contribution in [0.15, 0.2) is 59.8 Å². The molecule has 1 aromatic heterocycles. The minimum absolute atomic E-state index is 0.101. The van der Waals surface area contributed by atoms with E-state index < -0.39 is 0 Å².